The van der Waals surface area contributed by atoms with Crippen LogP contribution in [-0.2, 0) is 4.79 Å². The molecule has 0 aliphatic rings. The van der Waals surface area contributed by atoms with Gasteiger partial charge >= 0.3 is 0 Å². The van der Waals surface area contributed by atoms with E-state index >= 15 is 0 Å². The average Bonchev–Trinajstić information content (AvgIpc) is 2.82. The molecule has 3 aromatic rings. The fourth-order valence-corrected chi connectivity index (χ4v) is 3.41. The number of nitrogen functional groups attached to an aromatic ring is 1. The minimum Gasteiger partial charge on any atom is -0.467 e. The zero-order valence-electron chi connectivity index (χ0n) is 18.8. The molecule has 0 bridgehead atoms. The smallest absolute Gasteiger partial charge is 0.280 e. The quantitative estimate of drug-likeness (QED) is 0.394. The Morgan fingerprint density at radius 3 is 2.31 bits per heavy atom. The number of anilines is 1. The van der Waals surface area contributed by atoms with E-state index < -0.39 is 30.5 Å². The molecule has 4 N–H and O–H groups in total. The predicted molar refractivity (Wildman–Crippen MR) is 121 cm³/mol. The van der Waals surface area contributed by atoms with Crippen molar-refractivity contribution in [3.63, 3.8) is 0 Å². The largest absolute Gasteiger partial charge is 0.467 e. The van der Waals surface area contributed by atoms with Crippen LogP contribution >= 0.6 is 0 Å². The summed E-state index contributed by atoms with van der Waals surface area (Å²) in [4.78, 5) is 25.9. The first-order valence-corrected chi connectivity index (χ1v) is 10.6. The number of aromatic nitrogens is 3. The van der Waals surface area contributed by atoms with Gasteiger partial charge in [-0.3, -0.25) is 9.78 Å². The lowest BCUT2D eigenvalue weighted by Crippen LogP contribution is -2.39. The molecule has 9 nitrogen and oxygen atoms in total. The van der Waals surface area contributed by atoms with Crippen molar-refractivity contribution >= 4 is 11.9 Å². The van der Waals surface area contributed by atoms with Gasteiger partial charge in [0.05, 0.1) is 24.5 Å². The Balaban J connectivity index is 2.13. The molecule has 0 aliphatic carbocycles. The first-order valence-electron chi connectivity index (χ1n) is 10.6. The van der Waals surface area contributed by atoms with Gasteiger partial charge < -0.3 is 25.6 Å². The highest BCUT2D eigenvalue weighted by atomic mass is 19.3. The highest BCUT2D eigenvalue weighted by molar-refractivity contribution is 5.85. The topological polar surface area (TPSA) is 135 Å². The lowest BCUT2D eigenvalue weighted by atomic mass is 9.99. The van der Waals surface area contributed by atoms with Crippen LogP contribution in [0.4, 0.5) is 19.1 Å². The van der Waals surface area contributed by atoms with Gasteiger partial charge in [-0.15, -0.1) is 0 Å². The van der Waals surface area contributed by atoms with Gasteiger partial charge in [0.15, 0.2) is 6.61 Å². The van der Waals surface area contributed by atoms with Gasteiger partial charge in [0.2, 0.25) is 11.8 Å². The van der Waals surface area contributed by atoms with Gasteiger partial charge in [-0.2, -0.15) is 4.98 Å². The first-order chi connectivity index (χ1) is 16.7. The lowest BCUT2D eigenvalue weighted by molar-refractivity contribution is -0.134. The number of ether oxygens (including phenoxy) is 1. The highest BCUT2D eigenvalue weighted by Crippen LogP contribution is 2.39. The summed E-state index contributed by atoms with van der Waals surface area (Å²) in [7, 11) is 0. The number of aryl methyl sites for hydroxylation is 1. The molecule has 0 unspecified atom stereocenters. The van der Waals surface area contributed by atoms with Gasteiger partial charge in [-0.05, 0) is 48.9 Å². The van der Waals surface area contributed by atoms with Crippen LogP contribution in [-0.4, -0.2) is 68.9 Å². The van der Waals surface area contributed by atoms with Crippen LogP contribution in [0.5, 0.6) is 5.88 Å². The summed E-state index contributed by atoms with van der Waals surface area (Å²) in [5.74, 6) is -1.44. The zero-order valence-corrected chi connectivity index (χ0v) is 18.8. The SMILES string of the molecule is Cc1cc(-c2c(OCC(=O)N(CCO)CCO)nc(N)nc2-c2ccc(F)cc2)cc(C(F)F)n1. The van der Waals surface area contributed by atoms with E-state index in [1.54, 1.807) is 0 Å². The fourth-order valence-electron chi connectivity index (χ4n) is 3.41. The molecule has 3 rings (SSSR count). The number of carbonyl (C=O) groups is 1. The van der Waals surface area contributed by atoms with Crippen molar-refractivity contribution in [1.29, 1.82) is 0 Å². The number of aliphatic hydroxyl groups excluding tert-OH is 2. The molecule has 35 heavy (non-hydrogen) atoms. The van der Waals surface area contributed by atoms with E-state index in [4.69, 9.17) is 20.7 Å². The van der Waals surface area contributed by atoms with Crippen molar-refractivity contribution in [3.8, 4) is 28.3 Å². The number of benzene rings is 1. The minimum absolute atomic E-state index is 0.0242. The number of alkyl halides is 2. The Bertz CT molecular complexity index is 1170. The molecule has 2 aromatic heterocycles. The van der Waals surface area contributed by atoms with E-state index in [1.807, 2.05) is 0 Å². The summed E-state index contributed by atoms with van der Waals surface area (Å²) in [5, 5.41) is 18.3. The van der Waals surface area contributed by atoms with Crippen molar-refractivity contribution in [1.82, 2.24) is 19.9 Å². The van der Waals surface area contributed by atoms with Crippen molar-refractivity contribution < 1.29 is 32.9 Å². The third-order valence-corrected chi connectivity index (χ3v) is 4.92. The number of nitrogens with zero attached hydrogens (tertiary/aromatic N) is 4. The number of aliphatic hydroxyl groups is 2. The lowest BCUT2D eigenvalue weighted by Gasteiger charge is -2.21. The molecule has 0 fully saturated rings. The third kappa shape index (κ3) is 6.43. The maximum atomic E-state index is 13.5. The molecular formula is C23H24F3N5O4. The van der Waals surface area contributed by atoms with Crippen LogP contribution in [0, 0.1) is 12.7 Å². The van der Waals surface area contributed by atoms with Crippen LogP contribution in [0.25, 0.3) is 22.4 Å². The summed E-state index contributed by atoms with van der Waals surface area (Å²) in [6.07, 6.45) is -2.85. The second-order valence-electron chi connectivity index (χ2n) is 7.46. The Labute approximate surface area is 199 Å². The van der Waals surface area contributed by atoms with Crippen molar-refractivity contribution in [3.05, 3.63) is 53.6 Å². The maximum absolute atomic E-state index is 13.5. The van der Waals surface area contributed by atoms with Crippen LogP contribution in [0.15, 0.2) is 36.4 Å². The highest BCUT2D eigenvalue weighted by Gasteiger charge is 2.23. The van der Waals surface area contributed by atoms with Crippen molar-refractivity contribution in [2.45, 2.75) is 13.3 Å². The number of rotatable bonds is 10. The standard InChI is InChI=1S/C23H24F3N5O4/c1-13-10-15(11-17(28-13)21(25)26)19-20(14-2-4-16(24)5-3-14)29-23(27)30-22(19)35-12-18(34)31(6-8-32)7-9-33/h2-5,10-11,21,32-33H,6-9,12H2,1H3,(H2,27,29,30). The van der Waals surface area contributed by atoms with E-state index in [1.165, 1.54) is 42.2 Å². The van der Waals surface area contributed by atoms with Crippen molar-refractivity contribution in [2.24, 2.45) is 0 Å². The molecule has 2 heterocycles. The minimum atomic E-state index is -2.85. The number of nitrogens with two attached hydrogens (primary N) is 1. The Hall–Kier alpha value is -3.77. The number of pyridine rings is 1. The molecule has 1 amide bonds. The van der Waals surface area contributed by atoms with Gasteiger partial charge in [0.25, 0.3) is 12.3 Å². The van der Waals surface area contributed by atoms with Gasteiger partial charge in [-0.1, -0.05) is 0 Å². The van der Waals surface area contributed by atoms with E-state index in [0.29, 0.717) is 11.3 Å². The molecule has 0 saturated carbocycles. The molecular weight excluding hydrogens is 467 g/mol. The third-order valence-electron chi connectivity index (χ3n) is 4.92. The predicted octanol–water partition coefficient (Wildman–Crippen LogP) is 2.36. The zero-order chi connectivity index (χ0) is 25.5. The van der Waals surface area contributed by atoms with Gasteiger partial charge in [-0.25, -0.2) is 18.2 Å². The van der Waals surface area contributed by atoms with Crippen LogP contribution in [0.2, 0.25) is 0 Å². The van der Waals surface area contributed by atoms with Crippen LogP contribution in [0.1, 0.15) is 17.8 Å². The van der Waals surface area contributed by atoms with Crippen molar-refractivity contribution in [2.75, 3.05) is 38.6 Å². The maximum Gasteiger partial charge on any atom is 0.280 e. The molecule has 0 saturated heterocycles. The summed E-state index contributed by atoms with van der Waals surface area (Å²) < 4.78 is 46.2. The normalized spacial score (nSPS) is 11.1. The first kappa shape index (κ1) is 25.8. The van der Waals surface area contributed by atoms with E-state index in [-0.39, 0.29) is 55.0 Å². The monoisotopic (exact) mass is 491 g/mol. The molecule has 1 aromatic carbocycles. The molecule has 186 valence electrons. The second-order valence-corrected chi connectivity index (χ2v) is 7.46. The summed E-state index contributed by atoms with van der Waals surface area (Å²) in [5.41, 5.74) is 6.65. The molecule has 12 heteroatoms. The Morgan fingerprint density at radius 1 is 1.06 bits per heavy atom. The molecule has 0 atom stereocenters. The molecule has 0 aliphatic heterocycles. The summed E-state index contributed by atoms with van der Waals surface area (Å²) in [6.45, 7) is 0.305. The Kier molecular flexibility index (Phi) is 8.55. The second kappa shape index (κ2) is 11.6. The van der Waals surface area contributed by atoms with Gasteiger partial charge in [0, 0.05) is 24.3 Å². The Morgan fingerprint density at radius 2 is 1.71 bits per heavy atom. The van der Waals surface area contributed by atoms with Crippen LogP contribution in [0.3, 0.4) is 0 Å². The molecule has 0 spiro atoms. The number of hydrogen-bond acceptors (Lipinski definition) is 8. The summed E-state index contributed by atoms with van der Waals surface area (Å²) >= 11 is 0. The fraction of sp³-hybridized carbons (Fsp3) is 0.304. The number of halogens is 3. The van der Waals surface area contributed by atoms with E-state index in [2.05, 4.69) is 15.0 Å². The van der Waals surface area contributed by atoms with E-state index in [9.17, 15) is 18.0 Å². The number of amides is 1. The van der Waals surface area contributed by atoms with Crippen LogP contribution < -0.4 is 10.5 Å². The average molecular weight is 491 g/mol. The molecule has 0 radical (unpaired) electrons. The van der Waals surface area contributed by atoms with E-state index in [0.717, 1.165) is 6.07 Å². The van der Waals surface area contributed by atoms with Gasteiger partial charge in [0.1, 0.15) is 11.5 Å². The number of hydrogen-bond donors (Lipinski definition) is 3. The summed E-state index contributed by atoms with van der Waals surface area (Å²) in [6, 6.07) is 7.94. The number of carbonyl (C=O) groups excluding carboxylic acids is 1.